The van der Waals surface area contributed by atoms with Crippen LogP contribution >= 0.6 is 0 Å². The van der Waals surface area contributed by atoms with Crippen LogP contribution in [0.2, 0.25) is 0 Å². The van der Waals surface area contributed by atoms with Gasteiger partial charge in [0, 0.05) is 19.3 Å². The zero-order valence-corrected chi connectivity index (χ0v) is 20.2. The molecule has 186 valence electrons. The van der Waals surface area contributed by atoms with Gasteiger partial charge < -0.3 is 14.2 Å². The largest absolute Gasteiger partial charge is 0.486 e. The quantitative estimate of drug-likeness (QED) is 0.314. The summed E-state index contributed by atoms with van der Waals surface area (Å²) in [6.07, 6.45) is 3.45. The number of rotatable bonds is 9. The molecule has 0 bridgehead atoms. The highest BCUT2D eigenvalue weighted by Crippen LogP contribution is 2.37. The predicted octanol–water partition coefficient (Wildman–Crippen LogP) is 7.56. The Balaban J connectivity index is 1.38. The summed E-state index contributed by atoms with van der Waals surface area (Å²) in [5.74, 6) is -2.19. The molecule has 1 aliphatic rings. The van der Waals surface area contributed by atoms with E-state index in [0.29, 0.717) is 17.7 Å². The van der Waals surface area contributed by atoms with Crippen molar-refractivity contribution in [2.45, 2.75) is 57.8 Å². The Kier molecular flexibility index (Phi) is 8.47. The molecular weight excluding hydrogens is 453 g/mol. The second-order valence-electron chi connectivity index (χ2n) is 8.92. The molecule has 0 heterocycles. The molecule has 0 amide bonds. The molecule has 1 fully saturated rings. The van der Waals surface area contributed by atoms with Crippen LogP contribution in [0.5, 0.6) is 5.75 Å². The van der Waals surface area contributed by atoms with Crippen LogP contribution in [0.3, 0.4) is 0 Å². The van der Waals surface area contributed by atoms with Crippen LogP contribution in [0.15, 0.2) is 54.6 Å². The molecule has 35 heavy (non-hydrogen) atoms. The summed E-state index contributed by atoms with van der Waals surface area (Å²) in [7, 11) is 1.69. The predicted molar refractivity (Wildman–Crippen MR) is 130 cm³/mol. The Hall–Kier alpha value is -2.83. The first-order chi connectivity index (χ1) is 17.0. The Bertz CT molecular complexity index is 1120. The molecule has 3 aromatic carbocycles. The fraction of sp³-hybridized carbons (Fsp3) is 0.379. The third kappa shape index (κ3) is 6.06. The minimum Gasteiger partial charge on any atom is -0.486 e. The smallest absolute Gasteiger partial charge is 0.200 e. The van der Waals surface area contributed by atoms with E-state index in [1.165, 1.54) is 12.1 Å². The first-order valence-corrected chi connectivity index (χ1v) is 12.1. The highest BCUT2D eigenvalue weighted by atomic mass is 19.2. The van der Waals surface area contributed by atoms with Crippen molar-refractivity contribution in [3.05, 3.63) is 88.7 Å². The van der Waals surface area contributed by atoms with Gasteiger partial charge >= 0.3 is 0 Å². The molecule has 0 saturated heterocycles. The van der Waals surface area contributed by atoms with Gasteiger partial charge in [-0.05, 0) is 72.9 Å². The summed E-state index contributed by atoms with van der Waals surface area (Å²) in [5.41, 5.74) is 3.32. The number of methoxy groups -OCH3 is 1. The Morgan fingerprint density at radius 3 is 2.17 bits per heavy atom. The maximum Gasteiger partial charge on any atom is 0.200 e. The van der Waals surface area contributed by atoms with E-state index in [2.05, 4.69) is 0 Å². The third-order valence-corrected chi connectivity index (χ3v) is 6.72. The van der Waals surface area contributed by atoms with E-state index in [1.807, 2.05) is 37.3 Å². The van der Waals surface area contributed by atoms with Crippen LogP contribution in [0.4, 0.5) is 13.2 Å². The minimum atomic E-state index is -0.949. The summed E-state index contributed by atoms with van der Waals surface area (Å²) >= 11 is 0. The lowest BCUT2D eigenvalue weighted by molar-refractivity contribution is 0.0654. The maximum absolute atomic E-state index is 14.8. The lowest BCUT2D eigenvalue weighted by atomic mass is 9.82. The van der Waals surface area contributed by atoms with Crippen molar-refractivity contribution in [2.75, 3.05) is 13.7 Å². The van der Waals surface area contributed by atoms with Crippen LogP contribution in [0, 0.1) is 17.5 Å². The number of hydrogen-bond acceptors (Lipinski definition) is 3. The van der Waals surface area contributed by atoms with Gasteiger partial charge in [-0.15, -0.1) is 0 Å². The standard InChI is InChI=1S/C29H31F3O3/c1-3-34-18-23-9-8-22(16-26(23)30)20-6-4-19(5-7-20)17-35-27-15-14-25(28(31)29(27)32)21-10-12-24(33-2)13-11-21/h4-9,14-16,21,24H,3,10-13,17-18H2,1-2H3. The monoisotopic (exact) mass is 484 g/mol. The summed E-state index contributed by atoms with van der Waals surface area (Å²) in [6, 6.07) is 15.6. The van der Waals surface area contributed by atoms with Crippen molar-refractivity contribution < 1.29 is 27.4 Å². The van der Waals surface area contributed by atoms with Gasteiger partial charge in [0.2, 0.25) is 5.82 Å². The molecule has 0 spiro atoms. The normalized spacial score (nSPS) is 18.0. The van der Waals surface area contributed by atoms with Crippen LogP contribution < -0.4 is 4.74 Å². The SMILES string of the molecule is CCOCc1ccc(-c2ccc(COc3ccc(C4CCC(OC)CC4)c(F)c3F)cc2)cc1F. The molecule has 0 aliphatic heterocycles. The van der Waals surface area contributed by atoms with Crippen molar-refractivity contribution >= 4 is 0 Å². The summed E-state index contributed by atoms with van der Waals surface area (Å²) < 4.78 is 60.1. The maximum atomic E-state index is 14.8. The molecule has 4 rings (SSSR count). The highest BCUT2D eigenvalue weighted by Gasteiger charge is 2.26. The minimum absolute atomic E-state index is 0.00410. The van der Waals surface area contributed by atoms with E-state index >= 15 is 0 Å². The lowest BCUT2D eigenvalue weighted by Gasteiger charge is -2.28. The first kappa shape index (κ1) is 25.3. The van der Waals surface area contributed by atoms with Gasteiger partial charge in [-0.3, -0.25) is 0 Å². The average molecular weight is 485 g/mol. The van der Waals surface area contributed by atoms with Crippen molar-refractivity contribution in [3.63, 3.8) is 0 Å². The van der Waals surface area contributed by atoms with E-state index in [1.54, 1.807) is 19.2 Å². The van der Waals surface area contributed by atoms with Crippen molar-refractivity contribution in [2.24, 2.45) is 0 Å². The Morgan fingerprint density at radius 2 is 1.51 bits per heavy atom. The first-order valence-electron chi connectivity index (χ1n) is 12.1. The molecule has 0 radical (unpaired) electrons. The number of benzene rings is 3. The van der Waals surface area contributed by atoms with Gasteiger partial charge in [0.25, 0.3) is 0 Å². The van der Waals surface area contributed by atoms with Crippen LogP contribution in [0.1, 0.15) is 55.2 Å². The lowest BCUT2D eigenvalue weighted by Crippen LogP contribution is -2.20. The molecule has 6 heteroatoms. The zero-order chi connectivity index (χ0) is 24.8. The number of halogens is 3. The van der Waals surface area contributed by atoms with Crippen LogP contribution in [-0.2, 0) is 22.7 Å². The van der Waals surface area contributed by atoms with Gasteiger partial charge in [0.15, 0.2) is 11.6 Å². The second kappa shape index (κ2) is 11.7. The topological polar surface area (TPSA) is 27.7 Å². The molecule has 3 nitrogen and oxygen atoms in total. The molecule has 0 aromatic heterocycles. The molecule has 1 aliphatic carbocycles. The van der Waals surface area contributed by atoms with E-state index in [4.69, 9.17) is 14.2 Å². The molecule has 3 aromatic rings. The van der Waals surface area contributed by atoms with Crippen molar-refractivity contribution in [1.82, 2.24) is 0 Å². The van der Waals surface area contributed by atoms with E-state index in [9.17, 15) is 13.2 Å². The van der Waals surface area contributed by atoms with Crippen LogP contribution in [0.25, 0.3) is 11.1 Å². The molecule has 0 atom stereocenters. The summed E-state index contributed by atoms with van der Waals surface area (Å²) in [6.45, 7) is 2.73. The molecule has 0 unspecified atom stereocenters. The van der Waals surface area contributed by atoms with Crippen LogP contribution in [-0.4, -0.2) is 19.8 Å². The van der Waals surface area contributed by atoms with Gasteiger partial charge in [0.1, 0.15) is 12.4 Å². The fourth-order valence-corrected chi connectivity index (χ4v) is 4.59. The second-order valence-corrected chi connectivity index (χ2v) is 8.92. The summed E-state index contributed by atoms with van der Waals surface area (Å²) in [4.78, 5) is 0. The van der Waals surface area contributed by atoms with E-state index < -0.39 is 11.6 Å². The Morgan fingerprint density at radius 1 is 0.800 bits per heavy atom. The molecular formula is C29H31F3O3. The average Bonchev–Trinajstić information content (AvgIpc) is 2.89. The van der Waals surface area contributed by atoms with E-state index in [-0.39, 0.29) is 36.8 Å². The van der Waals surface area contributed by atoms with Gasteiger partial charge in [0.05, 0.1) is 12.7 Å². The van der Waals surface area contributed by atoms with Gasteiger partial charge in [-0.25, -0.2) is 8.78 Å². The highest BCUT2D eigenvalue weighted by molar-refractivity contribution is 5.64. The Labute approximate surface area is 204 Å². The number of hydrogen-bond donors (Lipinski definition) is 0. The van der Waals surface area contributed by atoms with E-state index in [0.717, 1.165) is 42.4 Å². The van der Waals surface area contributed by atoms with Crippen molar-refractivity contribution in [1.29, 1.82) is 0 Å². The van der Waals surface area contributed by atoms with Gasteiger partial charge in [-0.1, -0.05) is 42.5 Å². The van der Waals surface area contributed by atoms with Gasteiger partial charge in [-0.2, -0.15) is 4.39 Å². The van der Waals surface area contributed by atoms with Crippen molar-refractivity contribution in [3.8, 4) is 16.9 Å². The molecule has 0 N–H and O–H groups in total. The summed E-state index contributed by atoms with van der Waals surface area (Å²) in [5, 5.41) is 0. The zero-order valence-electron chi connectivity index (χ0n) is 20.2. The third-order valence-electron chi connectivity index (χ3n) is 6.72. The fourth-order valence-electron chi connectivity index (χ4n) is 4.59. The number of ether oxygens (including phenoxy) is 3. The molecule has 1 saturated carbocycles.